The van der Waals surface area contributed by atoms with Crippen LogP contribution in [-0.2, 0) is 0 Å². The lowest BCUT2D eigenvalue weighted by Crippen LogP contribution is -2.33. The van der Waals surface area contributed by atoms with Crippen LogP contribution < -0.4 is 15.8 Å². The second kappa shape index (κ2) is 9.30. The van der Waals surface area contributed by atoms with Crippen molar-refractivity contribution in [3.63, 3.8) is 0 Å². The molecule has 0 heterocycles. The number of nitrogens with zero attached hydrogens (tertiary/aromatic N) is 2. The third-order valence-electron chi connectivity index (χ3n) is 3.30. The Kier molecular flexibility index (Phi) is 7.74. The highest BCUT2D eigenvalue weighted by molar-refractivity contribution is 5.92. The highest BCUT2D eigenvalue weighted by atomic mass is 16.5. The second-order valence-corrected chi connectivity index (χ2v) is 5.81. The fraction of sp³-hybridized carbons (Fsp3) is 0.588. The molecule has 0 aliphatic heterocycles. The van der Waals surface area contributed by atoms with Gasteiger partial charge in [0.2, 0.25) is 0 Å². The van der Waals surface area contributed by atoms with Gasteiger partial charge in [-0.2, -0.15) is 0 Å². The first-order valence-corrected chi connectivity index (χ1v) is 8.00. The van der Waals surface area contributed by atoms with Crippen molar-refractivity contribution in [2.45, 2.75) is 46.8 Å². The van der Waals surface area contributed by atoms with Gasteiger partial charge < -0.3 is 15.8 Å². The van der Waals surface area contributed by atoms with Gasteiger partial charge in [0.15, 0.2) is 5.96 Å². The van der Waals surface area contributed by atoms with Crippen LogP contribution in [-0.4, -0.2) is 42.6 Å². The molecule has 0 amide bonds. The number of aliphatic imine (C=N–C) groups is 1. The lowest BCUT2D eigenvalue weighted by atomic mass is 10.3. The Balaban J connectivity index is 2.46. The molecule has 0 aromatic heterocycles. The lowest BCUT2D eigenvalue weighted by molar-refractivity contribution is 0.241. The van der Waals surface area contributed by atoms with Crippen LogP contribution in [0.25, 0.3) is 0 Å². The first kappa shape index (κ1) is 18.3. The molecule has 1 rings (SSSR count). The fourth-order valence-electron chi connectivity index (χ4n) is 2.16. The molecule has 0 saturated heterocycles. The monoisotopic (exact) mass is 306 g/mol. The van der Waals surface area contributed by atoms with Crippen molar-refractivity contribution >= 4 is 11.6 Å². The number of ether oxygens (including phenoxy) is 1. The minimum atomic E-state index is 0.174. The van der Waals surface area contributed by atoms with Crippen molar-refractivity contribution in [2.24, 2.45) is 10.7 Å². The zero-order valence-electron chi connectivity index (χ0n) is 14.5. The Hall–Kier alpha value is -1.75. The maximum absolute atomic E-state index is 5.92. The molecule has 1 aromatic rings. The number of rotatable bonds is 8. The number of hydrogen-bond acceptors (Lipinski definition) is 3. The highest BCUT2D eigenvalue weighted by Crippen LogP contribution is 2.16. The molecule has 0 unspecified atom stereocenters. The lowest BCUT2D eigenvalue weighted by Gasteiger charge is -2.23. The summed E-state index contributed by atoms with van der Waals surface area (Å²) in [4.78, 5) is 6.73. The average Bonchev–Trinajstić information content (AvgIpc) is 2.44. The van der Waals surface area contributed by atoms with Gasteiger partial charge in [0.05, 0.1) is 12.6 Å². The molecule has 0 aliphatic rings. The van der Waals surface area contributed by atoms with E-state index < -0.39 is 0 Å². The van der Waals surface area contributed by atoms with Gasteiger partial charge in [-0.05, 0) is 58.5 Å². The third kappa shape index (κ3) is 6.80. The quantitative estimate of drug-likeness (QED) is 0.572. The Bertz CT molecular complexity index is 454. The van der Waals surface area contributed by atoms with Crippen molar-refractivity contribution in [1.29, 1.82) is 0 Å². The summed E-state index contributed by atoms with van der Waals surface area (Å²) in [5.41, 5.74) is 6.83. The fourth-order valence-corrected chi connectivity index (χ4v) is 2.16. The molecule has 5 nitrogen and oxygen atoms in total. The number of hydrogen-bond donors (Lipinski definition) is 2. The zero-order chi connectivity index (χ0) is 16.5. The van der Waals surface area contributed by atoms with Crippen LogP contribution in [0.5, 0.6) is 5.75 Å². The molecule has 0 aliphatic carbocycles. The predicted molar refractivity (Wildman–Crippen MR) is 94.7 cm³/mol. The van der Waals surface area contributed by atoms with E-state index in [0.29, 0.717) is 18.5 Å². The zero-order valence-corrected chi connectivity index (χ0v) is 14.5. The molecule has 0 fully saturated rings. The van der Waals surface area contributed by atoms with Gasteiger partial charge >= 0.3 is 0 Å². The SMILES string of the molecule is CCN(CCN=C(N)Nc1ccc(OC(C)C)cc1)C(C)C. The molecule has 0 atom stereocenters. The summed E-state index contributed by atoms with van der Waals surface area (Å²) < 4.78 is 5.61. The van der Waals surface area contributed by atoms with E-state index in [4.69, 9.17) is 10.5 Å². The number of nitrogens with two attached hydrogens (primary N) is 1. The van der Waals surface area contributed by atoms with E-state index >= 15 is 0 Å². The van der Waals surface area contributed by atoms with Crippen LogP contribution in [0.1, 0.15) is 34.6 Å². The minimum absolute atomic E-state index is 0.174. The van der Waals surface area contributed by atoms with E-state index in [1.54, 1.807) is 0 Å². The Morgan fingerprint density at radius 1 is 1.23 bits per heavy atom. The summed E-state index contributed by atoms with van der Waals surface area (Å²) in [5.74, 6) is 1.30. The molecule has 0 bridgehead atoms. The van der Waals surface area contributed by atoms with Crippen LogP contribution in [0.2, 0.25) is 0 Å². The van der Waals surface area contributed by atoms with Crippen LogP contribution in [0.3, 0.4) is 0 Å². The summed E-state index contributed by atoms with van der Waals surface area (Å²) in [5, 5.41) is 3.10. The second-order valence-electron chi connectivity index (χ2n) is 5.81. The van der Waals surface area contributed by atoms with Gasteiger partial charge in [-0.15, -0.1) is 0 Å². The normalized spacial score (nSPS) is 12.3. The molecule has 0 radical (unpaired) electrons. The van der Waals surface area contributed by atoms with E-state index in [9.17, 15) is 0 Å². The highest BCUT2D eigenvalue weighted by Gasteiger charge is 2.05. The standard InChI is InChI=1S/C17H30N4O/c1-6-21(13(2)3)12-11-19-17(18)20-15-7-9-16(10-8-15)22-14(4)5/h7-10,13-14H,6,11-12H2,1-5H3,(H3,18,19,20). The van der Waals surface area contributed by atoms with Gasteiger partial charge in [-0.25, -0.2) is 0 Å². The number of guanidine groups is 1. The summed E-state index contributed by atoms with van der Waals surface area (Å²) in [6, 6.07) is 8.25. The summed E-state index contributed by atoms with van der Waals surface area (Å²) in [6.07, 6.45) is 0.174. The van der Waals surface area contributed by atoms with Gasteiger partial charge in [0, 0.05) is 18.3 Å². The molecule has 3 N–H and O–H groups in total. The molecule has 22 heavy (non-hydrogen) atoms. The van der Waals surface area contributed by atoms with Crippen molar-refractivity contribution < 1.29 is 4.74 Å². The summed E-state index contributed by atoms with van der Waals surface area (Å²) >= 11 is 0. The van der Waals surface area contributed by atoms with Crippen molar-refractivity contribution in [3.05, 3.63) is 24.3 Å². The largest absolute Gasteiger partial charge is 0.491 e. The molecule has 0 spiro atoms. The maximum Gasteiger partial charge on any atom is 0.193 e. The van der Waals surface area contributed by atoms with Gasteiger partial charge in [-0.3, -0.25) is 9.89 Å². The molecular weight excluding hydrogens is 276 g/mol. The summed E-state index contributed by atoms with van der Waals surface area (Å²) in [7, 11) is 0. The first-order valence-electron chi connectivity index (χ1n) is 8.00. The Labute approximate surface area is 134 Å². The average molecular weight is 306 g/mol. The molecule has 0 saturated carbocycles. The van der Waals surface area contributed by atoms with E-state index in [0.717, 1.165) is 24.5 Å². The predicted octanol–water partition coefficient (Wildman–Crippen LogP) is 2.93. The van der Waals surface area contributed by atoms with Crippen molar-refractivity contribution in [1.82, 2.24) is 4.90 Å². The molecule has 124 valence electrons. The topological polar surface area (TPSA) is 62.9 Å². The summed E-state index contributed by atoms with van der Waals surface area (Å²) in [6.45, 7) is 13.2. The van der Waals surface area contributed by atoms with Crippen LogP contribution in [0, 0.1) is 0 Å². The third-order valence-corrected chi connectivity index (χ3v) is 3.30. The molecule has 1 aromatic carbocycles. The maximum atomic E-state index is 5.92. The smallest absolute Gasteiger partial charge is 0.193 e. The van der Waals surface area contributed by atoms with Gasteiger partial charge in [-0.1, -0.05) is 6.92 Å². The van der Waals surface area contributed by atoms with Crippen molar-refractivity contribution in [3.8, 4) is 5.75 Å². The van der Waals surface area contributed by atoms with Crippen molar-refractivity contribution in [2.75, 3.05) is 25.0 Å². The van der Waals surface area contributed by atoms with E-state index in [1.807, 2.05) is 38.1 Å². The van der Waals surface area contributed by atoms with E-state index in [1.165, 1.54) is 0 Å². The number of likely N-dealkylation sites (N-methyl/N-ethyl adjacent to an activating group) is 1. The minimum Gasteiger partial charge on any atom is -0.491 e. The first-order chi connectivity index (χ1) is 10.4. The van der Waals surface area contributed by atoms with E-state index in [-0.39, 0.29) is 6.10 Å². The van der Waals surface area contributed by atoms with Crippen LogP contribution >= 0.6 is 0 Å². The Morgan fingerprint density at radius 3 is 2.36 bits per heavy atom. The number of anilines is 1. The number of benzene rings is 1. The van der Waals surface area contributed by atoms with E-state index in [2.05, 4.69) is 36.0 Å². The number of nitrogens with one attached hydrogen (secondary N) is 1. The van der Waals surface area contributed by atoms with Crippen LogP contribution in [0.15, 0.2) is 29.3 Å². The van der Waals surface area contributed by atoms with Gasteiger partial charge in [0.25, 0.3) is 0 Å². The van der Waals surface area contributed by atoms with Gasteiger partial charge in [0.1, 0.15) is 5.75 Å². The Morgan fingerprint density at radius 2 is 1.86 bits per heavy atom. The molecule has 5 heteroatoms. The molecular formula is C17H30N4O. The van der Waals surface area contributed by atoms with Crippen LogP contribution in [0.4, 0.5) is 5.69 Å².